The number of anilines is 1. The lowest BCUT2D eigenvalue weighted by Gasteiger charge is -2.48. The fourth-order valence-corrected chi connectivity index (χ4v) is 5.48. The number of piperazine rings is 1. The summed E-state index contributed by atoms with van der Waals surface area (Å²) in [5, 5.41) is 12.3. The zero-order valence-electron chi connectivity index (χ0n) is 18.4. The van der Waals surface area contributed by atoms with Crippen molar-refractivity contribution in [2.24, 2.45) is 0 Å². The number of halogens is 2. The summed E-state index contributed by atoms with van der Waals surface area (Å²) in [5.74, 6) is 0. The van der Waals surface area contributed by atoms with E-state index in [2.05, 4.69) is 33.8 Å². The largest absolute Gasteiger partial charge is 0.367 e. The van der Waals surface area contributed by atoms with Gasteiger partial charge in [-0.1, -0.05) is 42.3 Å². The highest BCUT2D eigenvalue weighted by atomic mass is 35.5. The van der Waals surface area contributed by atoms with Crippen LogP contribution < -0.4 is 4.90 Å². The lowest BCUT2D eigenvalue weighted by molar-refractivity contribution is -0.384. The van der Waals surface area contributed by atoms with E-state index in [1.807, 2.05) is 12.1 Å². The molecule has 2 aromatic rings. The first-order valence-corrected chi connectivity index (χ1v) is 12.1. The number of nitrogens with zero attached hydrogens (tertiary/aromatic N) is 4. The van der Waals surface area contributed by atoms with E-state index in [-0.39, 0.29) is 5.69 Å². The molecule has 0 aliphatic carbocycles. The van der Waals surface area contributed by atoms with E-state index in [1.54, 1.807) is 12.1 Å². The van der Waals surface area contributed by atoms with Gasteiger partial charge >= 0.3 is 0 Å². The molecule has 2 aromatic carbocycles. The molecule has 0 unspecified atom stereocenters. The molecule has 32 heavy (non-hydrogen) atoms. The maximum atomic E-state index is 11.0. The summed E-state index contributed by atoms with van der Waals surface area (Å²) in [6.45, 7) is 8.23. The fraction of sp³-hybridized carbons (Fsp3) is 0.500. The van der Waals surface area contributed by atoms with Crippen LogP contribution in [0.5, 0.6) is 0 Å². The summed E-state index contributed by atoms with van der Waals surface area (Å²) in [5.41, 5.74) is 2.25. The summed E-state index contributed by atoms with van der Waals surface area (Å²) in [6.07, 6.45) is 3.44. The first kappa shape index (κ1) is 23.3. The topological polar surface area (TPSA) is 52.9 Å². The van der Waals surface area contributed by atoms with Crippen molar-refractivity contribution < 1.29 is 4.92 Å². The van der Waals surface area contributed by atoms with Crippen LogP contribution in [0, 0.1) is 10.1 Å². The number of piperidine rings is 1. The third kappa shape index (κ3) is 5.37. The van der Waals surface area contributed by atoms with Crippen LogP contribution in [0.15, 0.2) is 42.5 Å². The van der Waals surface area contributed by atoms with Crippen LogP contribution >= 0.6 is 23.2 Å². The van der Waals surface area contributed by atoms with Gasteiger partial charge in [-0.3, -0.25) is 19.9 Å². The average molecular weight is 477 g/mol. The van der Waals surface area contributed by atoms with Gasteiger partial charge in [-0.05, 0) is 56.1 Å². The second-order valence-corrected chi connectivity index (χ2v) is 9.62. The lowest BCUT2D eigenvalue weighted by atomic mass is 9.97. The Kier molecular flexibility index (Phi) is 7.56. The lowest BCUT2D eigenvalue weighted by Crippen LogP contribution is -2.58. The summed E-state index contributed by atoms with van der Waals surface area (Å²) in [7, 11) is 0. The monoisotopic (exact) mass is 476 g/mol. The molecule has 8 heteroatoms. The number of nitro benzene ring substituents is 1. The van der Waals surface area contributed by atoms with Crippen LogP contribution in [-0.4, -0.2) is 59.5 Å². The summed E-state index contributed by atoms with van der Waals surface area (Å²) in [6, 6.07) is 14.0. The van der Waals surface area contributed by atoms with Gasteiger partial charge < -0.3 is 4.90 Å². The molecule has 0 saturated carbocycles. The highest BCUT2D eigenvalue weighted by molar-refractivity contribution is 6.33. The van der Waals surface area contributed by atoms with Gasteiger partial charge in [-0.15, -0.1) is 0 Å². The first-order valence-electron chi connectivity index (χ1n) is 11.4. The second kappa shape index (κ2) is 10.4. The van der Waals surface area contributed by atoms with Gasteiger partial charge in [-0.25, -0.2) is 0 Å². The Morgan fingerprint density at radius 1 is 1.03 bits per heavy atom. The van der Waals surface area contributed by atoms with Crippen molar-refractivity contribution in [3.63, 3.8) is 0 Å². The van der Waals surface area contributed by atoms with Crippen molar-refractivity contribution in [3.8, 4) is 0 Å². The predicted molar refractivity (Wildman–Crippen MR) is 131 cm³/mol. The second-order valence-electron chi connectivity index (χ2n) is 8.77. The highest BCUT2D eigenvalue weighted by Crippen LogP contribution is 2.33. The zero-order chi connectivity index (χ0) is 22.7. The van der Waals surface area contributed by atoms with Gasteiger partial charge in [0.2, 0.25) is 0 Å². The Morgan fingerprint density at radius 3 is 2.38 bits per heavy atom. The van der Waals surface area contributed by atoms with Gasteiger partial charge in [0.15, 0.2) is 0 Å². The summed E-state index contributed by atoms with van der Waals surface area (Å²) in [4.78, 5) is 18.1. The van der Waals surface area contributed by atoms with Crippen molar-refractivity contribution in [1.29, 1.82) is 0 Å². The van der Waals surface area contributed by atoms with Crippen LogP contribution in [0.25, 0.3) is 0 Å². The van der Waals surface area contributed by atoms with Crippen LogP contribution in [0.1, 0.15) is 31.7 Å². The molecule has 2 heterocycles. The first-order chi connectivity index (χ1) is 15.4. The molecule has 4 rings (SSSR count). The number of rotatable bonds is 6. The maximum Gasteiger partial charge on any atom is 0.271 e. The Balaban J connectivity index is 1.34. The molecule has 2 saturated heterocycles. The number of non-ortho nitro benzene ring substituents is 1. The summed E-state index contributed by atoms with van der Waals surface area (Å²) < 4.78 is 0. The third-order valence-corrected chi connectivity index (χ3v) is 7.38. The van der Waals surface area contributed by atoms with Crippen molar-refractivity contribution in [3.05, 3.63) is 68.2 Å². The summed E-state index contributed by atoms with van der Waals surface area (Å²) >= 11 is 12.4. The molecule has 0 amide bonds. The van der Waals surface area contributed by atoms with Gasteiger partial charge in [0.05, 0.1) is 15.6 Å². The van der Waals surface area contributed by atoms with E-state index >= 15 is 0 Å². The zero-order valence-corrected chi connectivity index (χ0v) is 19.9. The molecule has 0 radical (unpaired) electrons. The van der Waals surface area contributed by atoms with Crippen LogP contribution in [0.2, 0.25) is 10.0 Å². The molecule has 0 aromatic heterocycles. The van der Waals surface area contributed by atoms with Crippen LogP contribution in [0.3, 0.4) is 0 Å². The van der Waals surface area contributed by atoms with Crippen LogP contribution in [-0.2, 0) is 6.54 Å². The Labute approximate surface area is 199 Å². The number of nitro groups is 1. The van der Waals surface area contributed by atoms with E-state index in [9.17, 15) is 10.1 Å². The van der Waals surface area contributed by atoms with Gasteiger partial charge in [0.1, 0.15) is 0 Å². The Hall–Kier alpha value is -1.86. The Bertz CT molecular complexity index is 932. The average Bonchev–Trinajstić information content (AvgIpc) is 2.80. The molecule has 1 atom stereocenters. The molecule has 0 N–H and O–H groups in total. The van der Waals surface area contributed by atoms with E-state index < -0.39 is 4.92 Å². The SMILES string of the molecule is CC[C@H]1CN(c2ccc([N+](=O)[O-])cc2Cl)CCN1C1CCN(Cc2ccc(Cl)cc2)CC1. The molecular formula is C24H30Cl2N4O2. The quantitative estimate of drug-likeness (QED) is 0.408. The van der Waals surface area contributed by atoms with E-state index in [4.69, 9.17) is 23.2 Å². The number of benzene rings is 2. The number of likely N-dealkylation sites (tertiary alicyclic amines) is 1. The molecule has 0 bridgehead atoms. The minimum Gasteiger partial charge on any atom is -0.367 e. The van der Waals surface area contributed by atoms with Crippen LogP contribution in [0.4, 0.5) is 11.4 Å². The normalized spacial score (nSPS) is 21.1. The number of hydrogen-bond donors (Lipinski definition) is 0. The van der Waals surface area contributed by atoms with Crippen molar-refractivity contribution in [2.75, 3.05) is 37.6 Å². The van der Waals surface area contributed by atoms with Crippen molar-refractivity contribution in [1.82, 2.24) is 9.80 Å². The third-order valence-electron chi connectivity index (χ3n) is 6.83. The van der Waals surface area contributed by atoms with Crippen molar-refractivity contribution in [2.45, 2.75) is 44.8 Å². The Morgan fingerprint density at radius 2 is 1.75 bits per heavy atom. The van der Waals surface area contributed by atoms with Gasteiger partial charge in [0.25, 0.3) is 5.69 Å². The molecule has 6 nitrogen and oxygen atoms in total. The standard InChI is InChI=1S/C24H30Cl2N4O2/c1-2-20-17-28(24-8-7-22(30(31)32)15-23(24)26)13-14-29(20)21-9-11-27(12-10-21)16-18-3-5-19(25)6-4-18/h3-8,15,20-21H,2,9-14,16-17H2,1H3/t20-/m0/s1. The minimum absolute atomic E-state index is 0.0368. The number of hydrogen-bond acceptors (Lipinski definition) is 5. The minimum atomic E-state index is -0.401. The molecule has 2 fully saturated rings. The smallest absolute Gasteiger partial charge is 0.271 e. The van der Waals surface area contributed by atoms with E-state index in [0.29, 0.717) is 17.1 Å². The fourth-order valence-electron chi connectivity index (χ4n) is 5.06. The van der Waals surface area contributed by atoms with Gasteiger partial charge in [0, 0.05) is 55.4 Å². The highest BCUT2D eigenvalue weighted by Gasteiger charge is 2.33. The van der Waals surface area contributed by atoms with Gasteiger partial charge in [-0.2, -0.15) is 0 Å². The molecule has 0 spiro atoms. The van der Waals surface area contributed by atoms with Crippen molar-refractivity contribution >= 4 is 34.6 Å². The molecule has 2 aliphatic rings. The molecule has 172 valence electrons. The molecule has 2 aliphatic heterocycles. The van der Waals surface area contributed by atoms with E-state index in [0.717, 1.165) is 56.4 Å². The van der Waals surface area contributed by atoms with E-state index in [1.165, 1.54) is 24.5 Å². The predicted octanol–water partition coefficient (Wildman–Crippen LogP) is 5.47. The maximum absolute atomic E-state index is 11.0. The molecular weight excluding hydrogens is 447 g/mol.